The van der Waals surface area contributed by atoms with Crippen molar-refractivity contribution in [3.05, 3.63) is 534 Å². The van der Waals surface area contributed by atoms with Gasteiger partial charge in [0.2, 0.25) is 0 Å². The van der Waals surface area contributed by atoms with E-state index in [2.05, 4.69) is 292 Å². The zero-order chi connectivity index (χ0) is 96.7. The maximum absolute atomic E-state index is 5.08. The van der Waals surface area contributed by atoms with Crippen LogP contribution in [-0.4, -0.2) is 74.1 Å². The minimum Gasteiger partial charge on any atom is -0.619 e. The van der Waals surface area contributed by atoms with E-state index < -0.39 is 0 Å². The number of aryl methyl sites for hydroxylation is 2. The van der Waals surface area contributed by atoms with Gasteiger partial charge in [0.05, 0.1) is 36.9 Å². The molecule has 144 heavy (non-hydrogen) atoms. The molecule has 0 bridgehead atoms. The summed E-state index contributed by atoms with van der Waals surface area (Å²) in [6.45, 7) is 8.03. The van der Waals surface area contributed by atoms with Crippen molar-refractivity contribution in [1.29, 1.82) is 0 Å². The molecule has 0 aliphatic rings. The molecule has 24 aromatic rings. The molecule has 0 unspecified atom stereocenters. The average molecular weight is 2430 g/mol. The van der Waals surface area contributed by atoms with Crippen LogP contribution in [0.5, 0.6) is 0 Å². The first kappa shape index (κ1) is 105. The molecule has 23 heteroatoms. The zero-order valence-corrected chi connectivity index (χ0v) is 86.4. The Kier molecular flexibility index (Phi) is 40.0. The molecular weight excluding hydrogens is 2340 g/mol. The molecule has 0 N–H and O–H groups in total. The summed E-state index contributed by atoms with van der Waals surface area (Å²) in [5.41, 5.74) is 23.5. The maximum atomic E-state index is 5.08. The minimum atomic E-state index is -0.0555. The Morgan fingerprint density at radius 1 is 0.312 bits per heavy atom. The molecule has 0 spiro atoms. The average Bonchev–Trinajstić information content (AvgIpc) is 1.66. The van der Waals surface area contributed by atoms with Crippen molar-refractivity contribution in [3.63, 3.8) is 0 Å². The SMILES string of the molecule is CC(C)(C)c1n[n-]c(-c2[c-]cccc2)n1.Cc1n[n-]c(-c2[c-]cccc2)n1.Cn1ccnc1-c1[c-]cccc1.[Pt+4].[Pt+4].[Pt+4].[c-]1ccccc1-c1ccn[n-]1.[c-]1ccccc1-c1ncco1.[c-]1ccccc1-c1nccs1.[c-]1ccccc1-n1cc(-c2ccc(-c3ccccc3)cc2)cn1.[c-]1ccccc1-n1cc(-c2ccc(-c3ccccc3)cc2)cn1.[c-]1ccccc1-n1cc(-c2ccc(-c3ccccc3)cc2)cn1. The van der Waals surface area contributed by atoms with Crippen LogP contribution < -0.4 is 15.3 Å². The molecule has 9 aromatic heterocycles. The summed E-state index contributed by atoms with van der Waals surface area (Å²) in [7, 11) is 1.98. The Labute approximate surface area is 886 Å². The van der Waals surface area contributed by atoms with Gasteiger partial charge in [-0.2, -0.15) is 116 Å². The normalized spacial score (nSPS) is 10.2. The van der Waals surface area contributed by atoms with E-state index in [1.165, 1.54) is 33.4 Å². The van der Waals surface area contributed by atoms with Crippen LogP contribution in [0.2, 0.25) is 0 Å². The number of imidazole rings is 1. The zero-order valence-electron chi connectivity index (χ0n) is 78.8. The third-order valence-corrected chi connectivity index (χ3v) is 21.9. The van der Waals surface area contributed by atoms with Gasteiger partial charge in [0, 0.05) is 83.0 Å². The standard InChI is InChI=1S/3C21H15N2.C12H13N3.C10H9N2.C9H7N3.C9H6N2.C9H6NO.C9H6NS.3Pt/c3*1-3-7-17(8-4-1)18-11-13-19(14-12-18)20-15-22-23(16-20)21-9-5-2-6-10-21;1-12(2,3)11-13-10(14-15-11)9-7-5-4-6-8-9;1-12-8-7-11-10(12)9-5-3-2-4-6-9;1-7-10-9(12-11-7)8-5-3-2-4-6-8;1-2-4-8(5-3-1)9-6-7-10-11-9;2*1-2-4-8(5-3-1)9-10-6-7-11-9;;;/h3*1-9,11-16H;4-7H,1-3H3;2-5,7-8H,1H3;2-5H,1H3;3*1-4,6-7H;;;/q3*-1;-2;-1;2*-2;2*-1;3*+4. The molecule has 0 radical (unpaired) electrons. The third-order valence-electron chi connectivity index (χ3n) is 21.1. The van der Waals surface area contributed by atoms with Gasteiger partial charge in [-0.15, -0.1) is 229 Å². The van der Waals surface area contributed by atoms with Crippen molar-refractivity contribution < 1.29 is 67.6 Å². The second kappa shape index (κ2) is 54.9. The topological polar surface area (TPSA) is 217 Å². The molecule has 0 aliphatic carbocycles. The van der Waals surface area contributed by atoms with Crippen LogP contribution in [-0.2, 0) is 75.7 Å². The molecule has 19 nitrogen and oxygen atoms in total. The van der Waals surface area contributed by atoms with E-state index in [-0.39, 0.29) is 68.6 Å². The summed E-state index contributed by atoms with van der Waals surface area (Å²) in [6.07, 6.45) is 22.1. The monoisotopic (exact) mass is 2430 g/mol. The summed E-state index contributed by atoms with van der Waals surface area (Å²) in [5.74, 6) is 4.34. The van der Waals surface area contributed by atoms with E-state index in [0.717, 1.165) is 106 Å². The second-order valence-electron chi connectivity index (χ2n) is 32.1. The van der Waals surface area contributed by atoms with Crippen molar-refractivity contribution in [1.82, 2.24) is 89.4 Å². The fourth-order valence-corrected chi connectivity index (χ4v) is 14.5. The van der Waals surface area contributed by atoms with Crippen LogP contribution in [0.1, 0.15) is 32.4 Å². The van der Waals surface area contributed by atoms with Crippen LogP contribution >= 0.6 is 11.3 Å². The van der Waals surface area contributed by atoms with Crippen molar-refractivity contribution in [2.24, 2.45) is 7.05 Å². The molecule has 0 aliphatic heterocycles. The Hall–Kier alpha value is -16.5. The van der Waals surface area contributed by atoms with E-state index in [1.807, 2.05) is 324 Å². The fourth-order valence-electron chi connectivity index (χ4n) is 13.9. The van der Waals surface area contributed by atoms with Gasteiger partial charge in [-0.3, -0.25) is 39.2 Å². The molecule has 0 amide bonds. The van der Waals surface area contributed by atoms with Crippen LogP contribution in [0.25, 0.3) is 151 Å². The van der Waals surface area contributed by atoms with Crippen LogP contribution in [0.15, 0.2) is 472 Å². The molecular formula is C121H92N18OPt3S. The first-order valence-corrected chi connectivity index (χ1v) is 46.1. The summed E-state index contributed by atoms with van der Waals surface area (Å²) < 4.78 is 12.6. The number of thiazole rings is 1. The molecule has 9 heterocycles. The van der Waals surface area contributed by atoms with Gasteiger partial charge in [0.1, 0.15) is 5.89 Å². The summed E-state index contributed by atoms with van der Waals surface area (Å²) in [6, 6.07) is 156. The molecule has 0 saturated heterocycles. The largest absolute Gasteiger partial charge is 4.00 e. The van der Waals surface area contributed by atoms with Gasteiger partial charge >= 0.3 is 63.2 Å². The van der Waals surface area contributed by atoms with Crippen molar-refractivity contribution in [2.75, 3.05) is 0 Å². The third kappa shape index (κ3) is 30.8. The predicted molar refractivity (Wildman–Crippen MR) is 559 cm³/mol. The number of para-hydroxylation sites is 3. The molecule has 708 valence electrons. The quantitative estimate of drug-likeness (QED) is 0.0872. The van der Waals surface area contributed by atoms with Gasteiger partial charge in [-0.1, -0.05) is 190 Å². The summed E-state index contributed by atoms with van der Waals surface area (Å²) >= 11 is 1.63. The van der Waals surface area contributed by atoms with Crippen LogP contribution in [0.3, 0.4) is 0 Å². The number of hydrogen-bond donors (Lipinski definition) is 0. The number of oxazole rings is 1. The number of benzene rings is 15. The van der Waals surface area contributed by atoms with Gasteiger partial charge in [-0.05, 0) is 85.7 Å². The van der Waals surface area contributed by atoms with Crippen LogP contribution in [0, 0.1) is 61.5 Å². The molecule has 0 atom stereocenters. The molecule has 0 fully saturated rings. The Bertz CT molecular complexity index is 7090. The fraction of sp³-hybridized carbons (Fsp3) is 0.0496. The molecule has 15 aromatic carbocycles. The number of hydrogen-bond acceptors (Lipinski definition) is 13. The number of aromatic nitrogens is 18. The summed E-state index contributed by atoms with van der Waals surface area (Å²) in [4.78, 5) is 20.9. The molecule has 0 saturated carbocycles. The smallest absolute Gasteiger partial charge is 0.619 e. The van der Waals surface area contributed by atoms with E-state index in [4.69, 9.17) is 4.42 Å². The Balaban J connectivity index is 0.000000138. The minimum absolute atomic E-state index is 0. The van der Waals surface area contributed by atoms with Crippen molar-refractivity contribution in [2.45, 2.75) is 33.1 Å². The van der Waals surface area contributed by atoms with E-state index in [0.29, 0.717) is 23.4 Å². The predicted octanol–water partition coefficient (Wildman–Crippen LogP) is 26.6. The van der Waals surface area contributed by atoms with Crippen LogP contribution in [0.4, 0.5) is 0 Å². The summed E-state index contributed by atoms with van der Waals surface area (Å²) in [5, 5.41) is 39.8. The Morgan fingerprint density at radius 2 is 0.667 bits per heavy atom. The van der Waals surface area contributed by atoms with Gasteiger partial charge in [-0.25, -0.2) is 5.69 Å². The first-order chi connectivity index (χ1) is 69.4. The van der Waals surface area contributed by atoms with Gasteiger partial charge < -0.3 is 39.3 Å². The van der Waals surface area contributed by atoms with E-state index in [9.17, 15) is 0 Å². The maximum Gasteiger partial charge on any atom is 4.00 e. The second-order valence-corrected chi connectivity index (χ2v) is 33.0. The molecule has 24 rings (SSSR count). The van der Waals surface area contributed by atoms with E-state index in [1.54, 1.807) is 42.4 Å². The van der Waals surface area contributed by atoms with Crippen molar-refractivity contribution in [3.8, 4) is 151 Å². The van der Waals surface area contributed by atoms with E-state index >= 15 is 0 Å². The first-order valence-electron chi connectivity index (χ1n) is 45.2. The van der Waals surface area contributed by atoms with Gasteiger partial charge in [0.15, 0.2) is 0 Å². The van der Waals surface area contributed by atoms with Crippen molar-refractivity contribution >= 4 is 11.3 Å². The number of nitrogens with zero attached hydrogens (tertiary/aromatic N) is 18. The Morgan fingerprint density at radius 3 is 0.986 bits per heavy atom. The number of rotatable bonds is 15. The van der Waals surface area contributed by atoms with Gasteiger partial charge in [0.25, 0.3) is 0 Å².